The second kappa shape index (κ2) is 7.18. The predicted octanol–water partition coefficient (Wildman–Crippen LogP) is 3.67. The highest BCUT2D eigenvalue weighted by Crippen LogP contribution is 2.23. The predicted molar refractivity (Wildman–Crippen MR) is 79.0 cm³/mol. The maximum atomic E-state index is 13.8. The van der Waals surface area contributed by atoms with Gasteiger partial charge in [0.15, 0.2) is 0 Å². The van der Waals surface area contributed by atoms with E-state index in [1.807, 2.05) is 6.07 Å². The molecule has 1 aliphatic heterocycles. The molecule has 1 atom stereocenters. The van der Waals surface area contributed by atoms with E-state index < -0.39 is 5.97 Å². The van der Waals surface area contributed by atoms with Gasteiger partial charge in [0.2, 0.25) is 0 Å². The molecule has 110 valence electrons. The summed E-state index contributed by atoms with van der Waals surface area (Å²) in [6.07, 6.45) is 3.06. The Balaban J connectivity index is 1.92. The van der Waals surface area contributed by atoms with E-state index >= 15 is 0 Å². The zero-order valence-electron chi connectivity index (χ0n) is 11.3. The van der Waals surface area contributed by atoms with Gasteiger partial charge in [0.25, 0.3) is 0 Å². The molecule has 3 nitrogen and oxygen atoms in total. The average Bonchev–Trinajstić information content (AvgIpc) is 2.58. The van der Waals surface area contributed by atoms with Crippen molar-refractivity contribution in [3.63, 3.8) is 0 Å². The molecular formula is C15H19BrFNO2. The van der Waals surface area contributed by atoms with Crippen molar-refractivity contribution in [1.29, 1.82) is 0 Å². The van der Waals surface area contributed by atoms with Crippen LogP contribution in [0.5, 0.6) is 0 Å². The fraction of sp³-hybridized carbons (Fsp3) is 0.533. The van der Waals surface area contributed by atoms with E-state index in [2.05, 4.69) is 20.8 Å². The van der Waals surface area contributed by atoms with Crippen molar-refractivity contribution in [2.45, 2.75) is 32.2 Å². The zero-order chi connectivity index (χ0) is 14.5. The number of hydrogen-bond acceptors (Lipinski definition) is 2. The van der Waals surface area contributed by atoms with Crippen LogP contribution in [-0.4, -0.2) is 29.1 Å². The first-order valence-corrected chi connectivity index (χ1v) is 7.72. The fourth-order valence-corrected chi connectivity index (χ4v) is 3.06. The Morgan fingerprint density at radius 1 is 1.40 bits per heavy atom. The largest absolute Gasteiger partial charge is 0.481 e. The normalized spacial score (nSPS) is 20.6. The molecule has 1 fully saturated rings. The summed E-state index contributed by atoms with van der Waals surface area (Å²) in [7, 11) is 0. The topological polar surface area (TPSA) is 40.5 Å². The Morgan fingerprint density at radius 2 is 2.20 bits per heavy atom. The molecular weight excluding hydrogens is 325 g/mol. The highest BCUT2D eigenvalue weighted by atomic mass is 79.9. The Morgan fingerprint density at radius 3 is 2.90 bits per heavy atom. The van der Waals surface area contributed by atoms with Gasteiger partial charge in [0.05, 0.1) is 0 Å². The Hall–Kier alpha value is -0.940. The third-order valence-electron chi connectivity index (χ3n) is 3.81. The van der Waals surface area contributed by atoms with E-state index in [1.54, 1.807) is 6.07 Å². The summed E-state index contributed by atoms with van der Waals surface area (Å²) >= 11 is 3.26. The van der Waals surface area contributed by atoms with Gasteiger partial charge in [-0.25, -0.2) is 4.39 Å². The van der Waals surface area contributed by atoms with Gasteiger partial charge in [-0.2, -0.15) is 0 Å². The molecule has 0 unspecified atom stereocenters. The number of benzene rings is 1. The second-order valence-electron chi connectivity index (χ2n) is 5.41. The van der Waals surface area contributed by atoms with Crippen molar-refractivity contribution < 1.29 is 14.3 Å². The number of hydrogen-bond donors (Lipinski definition) is 1. The van der Waals surface area contributed by atoms with Gasteiger partial charge >= 0.3 is 5.97 Å². The van der Waals surface area contributed by atoms with E-state index in [0.717, 1.165) is 36.8 Å². The van der Waals surface area contributed by atoms with Gasteiger partial charge in [-0.15, -0.1) is 0 Å². The minimum atomic E-state index is -0.720. The van der Waals surface area contributed by atoms with Crippen molar-refractivity contribution >= 4 is 21.9 Å². The number of carbonyl (C=O) groups is 1. The lowest BCUT2D eigenvalue weighted by atomic mass is 9.97. The molecule has 0 aromatic heterocycles. The molecule has 0 aliphatic carbocycles. The maximum Gasteiger partial charge on any atom is 0.303 e. The molecule has 1 saturated heterocycles. The van der Waals surface area contributed by atoms with Gasteiger partial charge in [-0.3, -0.25) is 9.69 Å². The van der Waals surface area contributed by atoms with Crippen LogP contribution >= 0.6 is 15.9 Å². The van der Waals surface area contributed by atoms with Crippen molar-refractivity contribution in [3.05, 3.63) is 34.1 Å². The number of rotatable bonds is 4. The van der Waals surface area contributed by atoms with Crippen LogP contribution < -0.4 is 0 Å². The van der Waals surface area contributed by atoms with Crippen molar-refractivity contribution in [3.8, 4) is 0 Å². The first kappa shape index (κ1) is 15.4. The monoisotopic (exact) mass is 343 g/mol. The standard InChI is InChI=1S/C15H19BrFNO2/c16-13-4-3-12(14(17)9-13)10-18-6-1-2-11(5-7-18)8-15(19)20/h3-4,9,11H,1-2,5-8,10H2,(H,19,20)/t11-/m1/s1. The third-order valence-corrected chi connectivity index (χ3v) is 4.31. The Bertz CT molecular complexity index is 481. The summed E-state index contributed by atoms with van der Waals surface area (Å²) in [5, 5.41) is 8.85. The molecule has 0 spiro atoms. The molecule has 0 saturated carbocycles. The maximum absolute atomic E-state index is 13.8. The van der Waals surface area contributed by atoms with Gasteiger partial charge in [-0.1, -0.05) is 22.0 Å². The van der Waals surface area contributed by atoms with Gasteiger partial charge in [0.1, 0.15) is 5.82 Å². The molecule has 1 aromatic rings. The molecule has 20 heavy (non-hydrogen) atoms. The third kappa shape index (κ3) is 4.56. The van der Waals surface area contributed by atoms with Gasteiger partial charge in [-0.05, 0) is 50.4 Å². The van der Waals surface area contributed by atoms with E-state index in [0.29, 0.717) is 12.1 Å². The lowest BCUT2D eigenvalue weighted by molar-refractivity contribution is -0.138. The van der Waals surface area contributed by atoms with Gasteiger partial charge < -0.3 is 5.11 Å². The summed E-state index contributed by atoms with van der Waals surface area (Å²) in [5.41, 5.74) is 0.699. The lowest BCUT2D eigenvalue weighted by Gasteiger charge is -2.20. The molecule has 1 aliphatic rings. The number of likely N-dealkylation sites (tertiary alicyclic amines) is 1. The zero-order valence-corrected chi connectivity index (χ0v) is 12.9. The van der Waals surface area contributed by atoms with Crippen LogP contribution in [0.15, 0.2) is 22.7 Å². The summed E-state index contributed by atoms with van der Waals surface area (Å²) in [5.74, 6) is -0.652. The summed E-state index contributed by atoms with van der Waals surface area (Å²) in [6.45, 7) is 2.35. The van der Waals surface area contributed by atoms with Crippen LogP contribution in [0.4, 0.5) is 4.39 Å². The van der Waals surface area contributed by atoms with Crippen molar-refractivity contribution in [2.75, 3.05) is 13.1 Å². The molecule has 0 radical (unpaired) electrons. The highest BCUT2D eigenvalue weighted by molar-refractivity contribution is 9.10. The summed E-state index contributed by atoms with van der Waals surface area (Å²) in [4.78, 5) is 13.0. The number of carboxylic acid groups (broad SMARTS) is 1. The van der Waals surface area contributed by atoms with Crippen molar-refractivity contribution in [2.24, 2.45) is 5.92 Å². The Kier molecular flexibility index (Phi) is 5.54. The van der Waals surface area contributed by atoms with Crippen LogP contribution in [0.25, 0.3) is 0 Å². The van der Waals surface area contributed by atoms with Gasteiger partial charge in [0, 0.05) is 23.0 Å². The van der Waals surface area contributed by atoms with Crippen LogP contribution in [-0.2, 0) is 11.3 Å². The molecule has 1 aromatic carbocycles. The smallest absolute Gasteiger partial charge is 0.303 e. The molecule has 1 heterocycles. The summed E-state index contributed by atoms with van der Waals surface area (Å²) < 4.78 is 14.6. The molecule has 5 heteroatoms. The lowest BCUT2D eigenvalue weighted by Crippen LogP contribution is -2.25. The van der Waals surface area contributed by atoms with E-state index in [-0.39, 0.29) is 18.2 Å². The minimum absolute atomic E-state index is 0.189. The van der Waals surface area contributed by atoms with Crippen LogP contribution in [0.3, 0.4) is 0 Å². The average molecular weight is 344 g/mol. The number of nitrogens with zero attached hydrogens (tertiary/aromatic N) is 1. The molecule has 0 amide bonds. The number of carboxylic acids is 1. The van der Waals surface area contributed by atoms with E-state index in [4.69, 9.17) is 5.11 Å². The Labute approximate surface area is 126 Å². The van der Waals surface area contributed by atoms with Crippen LogP contribution in [0.1, 0.15) is 31.2 Å². The SMILES string of the molecule is O=C(O)C[C@@H]1CCCN(Cc2ccc(Br)cc2F)CC1. The van der Waals surface area contributed by atoms with Crippen molar-refractivity contribution in [1.82, 2.24) is 4.90 Å². The first-order valence-electron chi connectivity index (χ1n) is 6.92. The van der Waals surface area contributed by atoms with Crippen LogP contribution in [0.2, 0.25) is 0 Å². The quantitative estimate of drug-likeness (QED) is 0.906. The minimum Gasteiger partial charge on any atom is -0.481 e. The fourth-order valence-electron chi connectivity index (χ4n) is 2.72. The molecule has 2 rings (SSSR count). The van der Waals surface area contributed by atoms with E-state index in [1.165, 1.54) is 6.07 Å². The molecule has 0 bridgehead atoms. The highest BCUT2D eigenvalue weighted by Gasteiger charge is 2.20. The first-order chi connectivity index (χ1) is 9.54. The second-order valence-corrected chi connectivity index (χ2v) is 6.32. The number of aliphatic carboxylic acids is 1. The van der Waals surface area contributed by atoms with E-state index in [9.17, 15) is 9.18 Å². The van der Waals surface area contributed by atoms with Crippen LogP contribution in [0, 0.1) is 11.7 Å². The number of halogens is 2. The summed E-state index contributed by atoms with van der Waals surface area (Å²) in [6, 6.07) is 5.14. The molecule has 1 N–H and O–H groups in total.